The van der Waals surface area contributed by atoms with Crippen LogP contribution in [-0.2, 0) is 0 Å². The van der Waals surface area contributed by atoms with Crippen molar-refractivity contribution in [2.24, 2.45) is 5.92 Å². The van der Waals surface area contributed by atoms with Crippen molar-refractivity contribution in [3.8, 4) is 6.07 Å². The van der Waals surface area contributed by atoms with E-state index < -0.39 is 0 Å². The summed E-state index contributed by atoms with van der Waals surface area (Å²) in [5, 5.41) is 8.57. The Labute approximate surface area is 82.2 Å². The van der Waals surface area contributed by atoms with Gasteiger partial charge in [0.25, 0.3) is 0 Å². The lowest BCUT2D eigenvalue weighted by atomic mass is 9.86. The molecule has 4 rings (SSSR count). The molecule has 0 unspecified atom stereocenters. The molecule has 14 heavy (non-hydrogen) atoms. The molecule has 0 aromatic carbocycles. The molecule has 2 bridgehead atoms. The van der Waals surface area contributed by atoms with E-state index in [4.69, 9.17) is 5.26 Å². The zero-order chi connectivity index (χ0) is 9.54. The summed E-state index contributed by atoms with van der Waals surface area (Å²) in [6.45, 7) is 1.14. The van der Waals surface area contributed by atoms with Gasteiger partial charge in [-0.25, -0.2) is 9.97 Å². The fourth-order valence-electron chi connectivity index (χ4n) is 2.37. The summed E-state index contributed by atoms with van der Waals surface area (Å²) in [6, 6.07) is 2.63. The Morgan fingerprint density at radius 2 is 2.07 bits per heavy atom. The van der Waals surface area contributed by atoms with Gasteiger partial charge in [-0.3, -0.25) is 0 Å². The lowest BCUT2D eigenvalue weighted by molar-refractivity contribution is 0.381. The predicted molar refractivity (Wildman–Crippen MR) is 50.6 cm³/mol. The minimum Gasteiger partial charge on any atom is -0.366 e. The molecule has 1 saturated carbocycles. The van der Waals surface area contributed by atoms with E-state index in [1.807, 2.05) is 6.07 Å². The maximum absolute atomic E-state index is 8.57. The zero-order valence-corrected chi connectivity index (χ0v) is 7.72. The number of rotatable bonds is 1. The molecule has 3 fully saturated rings. The molecule has 3 heterocycles. The number of aromatic nitrogens is 2. The van der Waals surface area contributed by atoms with Crippen LogP contribution in [0.4, 0.5) is 5.69 Å². The van der Waals surface area contributed by atoms with E-state index in [0.29, 0.717) is 6.04 Å². The highest BCUT2D eigenvalue weighted by atomic mass is 15.2. The van der Waals surface area contributed by atoms with E-state index in [-0.39, 0.29) is 5.82 Å². The maximum atomic E-state index is 8.57. The van der Waals surface area contributed by atoms with E-state index in [0.717, 1.165) is 18.2 Å². The van der Waals surface area contributed by atoms with Gasteiger partial charge in [0.1, 0.15) is 6.07 Å². The molecule has 1 aromatic rings. The van der Waals surface area contributed by atoms with Gasteiger partial charge in [-0.2, -0.15) is 5.26 Å². The summed E-state index contributed by atoms with van der Waals surface area (Å²) in [7, 11) is 0. The first-order valence-corrected chi connectivity index (χ1v) is 4.85. The molecule has 0 radical (unpaired) electrons. The highest BCUT2D eigenvalue weighted by molar-refractivity contribution is 5.47. The van der Waals surface area contributed by atoms with Crippen LogP contribution in [0.3, 0.4) is 0 Å². The van der Waals surface area contributed by atoms with Crippen LogP contribution in [0.25, 0.3) is 0 Å². The van der Waals surface area contributed by atoms with E-state index in [2.05, 4.69) is 14.9 Å². The van der Waals surface area contributed by atoms with Crippen molar-refractivity contribution in [3.05, 3.63) is 18.2 Å². The number of nitrogens with zero attached hydrogens (tertiary/aromatic N) is 4. The Morgan fingerprint density at radius 3 is 2.57 bits per heavy atom. The van der Waals surface area contributed by atoms with E-state index in [9.17, 15) is 0 Å². The van der Waals surface area contributed by atoms with Crippen molar-refractivity contribution in [1.29, 1.82) is 5.26 Å². The summed E-state index contributed by atoms with van der Waals surface area (Å²) < 4.78 is 0. The second-order valence-electron chi connectivity index (χ2n) is 4.02. The average Bonchev–Trinajstić information content (AvgIpc) is 2.76. The number of hydrogen-bond donors (Lipinski definition) is 0. The van der Waals surface area contributed by atoms with E-state index in [1.54, 1.807) is 12.4 Å². The van der Waals surface area contributed by atoms with Crippen LogP contribution < -0.4 is 4.90 Å². The topological polar surface area (TPSA) is 52.8 Å². The van der Waals surface area contributed by atoms with Gasteiger partial charge in [0, 0.05) is 12.6 Å². The lowest BCUT2D eigenvalue weighted by Gasteiger charge is -2.26. The van der Waals surface area contributed by atoms with Crippen LogP contribution >= 0.6 is 0 Å². The highest BCUT2D eigenvalue weighted by Gasteiger charge is 2.42. The number of hydrogen-bond acceptors (Lipinski definition) is 4. The van der Waals surface area contributed by atoms with Gasteiger partial charge in [0.05, 0.1) is 18.1 Å². The first-order chi connectivity index (χ1) is 6.86. The Kier molecular flexibility index (Phi) is 1.48. The first kappa shape index (κ1) is 7.74. The summed E-state index contributed by atoms with van der Waals surface area (Å²) in [5.41, 5.74) is 1.06. The molecule has 0 atom stereocenters. The average molecular weight is 186 g/mol. The SMILES string of the molecule is N#Cc1ncc(N2CC3CC2C3)cn1. The molecular formula is C10H10N4. The Morgan fingerprint density at radius 1 is 1.36 bits per heavy atom. The summed E-state index contributed by atoms with van der Waals surface area (Å²) in [4.78, 5) is 10.3. The molecule has 0 N–H and O–H groups in total. The maximum Gasteiger partial charge on any atom is 0.232 e. The molecular weight excluding hydrogens is 176 g/mol. The summed E-state index contributed by atoms with van der Waals surface area (Å²) >= 11 is 0. The third-order valence-electron chi connectivity index (χ3n) is 3.18. The molecule has 2 saturated heterocycles. The minimum absolute atomic E-state index is 0.250. The largest absolute Gasteiger partial charge is 0.366 e. The number of fused-ring (bicyclic) bond motifs is 1. The fourth-order valence-corrected chi connectivity index (χ4v) is 2.37. The minimum atomic E-state index is 0.250. The first-order valence-electron chi connectivity index (χ1n) is 4.85. The van der Waals surface area contributed by atoms with E-state index in [1.165, 1.54) is 12.8 Å². The lowest BCUT2D eigenvalue weighted by Crippen LogP contribution is -2.28. The Bertz CT molecular complexity index is 386. The third-order valence-corrected chi connectivity index (χ3v) is 3.18. The molecule has 2 aliphatic heterocycles. The standard InChI is InChI=1S/C10H10N4/c11-3-10-12-4-9(5-13-10)14-6-7-1-8(14)2-7/h4-5,7-8H,1-2,6H2. The quantitative estimate of drug-likeness (QED) is 0.655. The normalized spacial score (nSPS) is 28.4. The smallest absolute Gasteiger partial charge is 0.232 e. The van der Waals surface area contributed by atoms with Crippen molar-refractivity contribution in [3.63, 3.8) is 0 Å². The molecule has 1 aliphatic carbocycles. The van der Waals surface area contributed by atoms with Crippen molar-refractivity contribution < 1.29 is 0 Å². The van der Waals surface area contributed by atoms with Crippen molar-refractivity contribution >= 4 is 5.69 Å². The van der Waals surface area contributed by atoms with Gasteiger partial charge in [-0.1, -0.05) is 0 Å². The summed E-state index contributed by atoms with van der Waals surface area (Å²) in [5.74, 6) is 1.14. The van der Waals surface area contributed by atoms with Crippen LogP contribution in [0.15, 0.2) is 12.4 Å². The second-order valence-corrected chi connectivity index (χ2v) is 4.02. The van der Waals surface area contributed by atoms with Crippen molar-refractivity contribution in [1.82, 2.24) is 9.97 Å². The van der Waals surface area contributed by atoms with Gasteiger partial charge < -0.3 is 4.90 Å². The van der Waals surface area contributed by atoms with Gasteiger partial charge in [-0.15, -0.1) is 0 Å². The van der Waals surface area contributed by atoms with Crippen LogP contribution in [0, 0.1) is 17.2 Å². The van der Waals surface area contributed by atoms with Gasteiger partial charge in [-0.05, 0) is 18.8 Å². The van der Waals surface area contributed by atoms with Gasteiger partial charge in [0.2, 0.25) is 5.82 Å². The van der Waals surface area contributed by atoms with Crippen LogP contribution in [-0.4, -0.2) is 22.6 Å². The highest BCUT2D eigenvalue weighted by Crippen LogP contribution is 2.42. The molecule has 0 spiro atoms. The molecule has 1 aromatic heterocycles. The monoisotopic (exact) mass is 186 g/mol. The Balaban J connectivity index is 1.87. The zero-order valence-electron chi connectivity index (χ0n) is 7.72. The van der Waals surface area contributed by atoms with Crippen molar-refractivity contribution in [2.75, 3.05) is 11.4 Å². The Hall–Kier alpha value is -1.63. The van der Waals surface area contributed by atoms with Gasteiger partial charge in [0.15, 0.2) is 0 Å². The molecule has 4 nitrogen and oxygen atoms in total. The second kappa shape index (κ2) is 2.68. The van der Waals surface area contributed by atoms with Crippen molar-refractivity contribution in [2.45, 2.75) is 18.9 Å². The van der Waals surface area contributed by atoms with Gasteiger partial charge >= 0.3 is 0 Å². The van der Waals surface area contributed by atoms with Crippen LogP contribution in [0.5, 0.6) is 0 Å². The predicted octanol–water partition coefficient (Wildman–Crippen LogP) is 0.947. The van der Waals surface area contributed by atoms with Crippen LogP contribution in [0.2, 0.25) is 0 Å². The molecule has 3 aliphatic rings. The van der Waals surface area contributed by atoms with E-state index >= 15 is 0 Å². The number of nitriles is 1. The summed E-state index contributed by atoms with van der Waals surface area (Å²) in [6.07, 6.45) is 6.15. The number of anilines is 1. The van der Waals surface area contributed by atoms with Crippen LogP contribution in [0.1, 0.15) is 18.7 Å². The third kappa shape index (κ3) is 0.987. The molecule has 4 heteroatoms. The molecule has 70 valence electrons. The fraction of sp³-hybridized carbons (Fsp3) is 0.500. The molecule has 0 amide bonds.